The molecular weight excluding hydrogens is 272 g/mol. The number of aliphatic hydroxyl groups excluding tert-OH is 2. The van der Waals surface area contributed by atoms with Gasteiger partial charge in [0.2, 0.25) is 0 Å². The van der Waals surface area contributed by atoms with Crippen molar-refractivity contribution in [1.82, 2.24) is 0 Å². The number of aliphatic hydroxyl groups is 2. The standard InChI is InChI=1S/C20H30O2/c1-12-10-13-11-14(21)6-8-19(13,2)16-7-9-20(3)15(18(12)16)4-5-17(20)22/h5,11-13,15-16,18,21-22H,4,6-10H2,1-3H3/t12-,13?,15-,16-,18-,19-,20-/m0/s1. The van der Waals surface area contributed by atoms with Crippen molar-refractivity contribution in [2.45, 2.75) is 59.3 Å². The Morgan fingerprint density at radius 1 is 1.14 bits per heavy atom. The van der Waals surface area contributed by atoms with Gasteiger partial charge in [-0.15, -0.1) is 0 Å². The molecule has 1 unspecified atom stereocenters. The molecule has 4 aliphatic rings. The van der Waals surface area contributed by atoms with E-state index in [0.29, 0.717) is 34.7 Å². The number of rotatable bonds is 0. The average molecular weight is 302 g/mol. The van der Waals surface area contributed by atoms with Crippen LogP contribution in [0.3, 0.4) is 0 Å². The third-order valence-corrected chi connectivity index (χ3v) is 8.16. The smallest absolute Gasteiger partial charge is 0.0944 e. The van der Waals surface area contributed by atoms with Gasteiger partial charge in [-0.3, -0.25) is 0 Å². The molecule has 122 valence electrons. The summed E-state index contributed by atoms with van der Waals surface area (Å²) >= 11 is 0. The van der Waals surface area contributed by atoms with E-state index in [1.165, 1.54) is 12.8 Å². The quantitative estimate of drug-likeness (QED) is 0.631. The average Bonchev–Trinajstić information content (AvgIpc) is 2.77. The molecule has 0 heterocycles. The lowest BCUT2D eigenvalue weighted by molar-refractivity contribution is -0.111. The second-order valence-electron chi connectivity index (χ2n) is 9.05. The molecule has 0 aromatic carbocycles. The molecule has 2 saturated carbocycles. The molecule has 4 aliphatic carbocycles. The maximum atomic E-state index is 10.4. The van der Waals surface area contributed by atoms with E-state index in [1.54, 1.807) is 0 Å². The molecule has 0 spiro atoms. The zero-order valence-corrected chi connectivity index (χ0v) is 14.2. The second-order valence-corrected chi connectivity index (χ2v) is 9.05. The van der Waals surface area contributed by atoms with Crippen LogP contribution in [0.5, 0.6) is 0 Å². The van der Waals surface area contributed by atoms with Gasteiger partial charge in [0.1, 0.15) is 0 Å². The van der Waals surface area contributed by atoms with Crippen molar-refractivity contribution in [1.29, 1.82) is 0 Å². The van der Waals surface area contributed by atoms with Crippen molar-refractivity contribution >= 4 is 0 Å². The highest BCUT2D eigenvalue weighted by Gasteiger charge is 2.60. The Kier molecular flexibility index (Phi) is 3.03. The molecule has 0 saturated heterocycles. The van der Waals surface area contributed by atoms with E-state index in [0.717, 1.165) is 37.5 Å². The number of allylic oxidation sites excluding steroid dienone is 4. The summed E-state index contributed by atoms with van der Waals surface area (Å²) in [6.45, 7) is 7.19. The zero-order valence-electron chi connectivity index (χ0n) is 14.2. The van der Waals surface area contributed by atoms with Gasteiger partial charge in [0.25, 0.3) is 0 Å². The van der Waals surface area contributed by atoms with Gasteiger partial charge in [-0.2, -0.15) is 0 Å². The van der Waals surface area contributed by atoms with Crippen LogP contribution in [0.4, 0.5) is 0 Å². The molecule has 0 aromatic heterocycles. The molecule has 0 bridgehead atoms. The van der Waals surface area contributed by atoms with Crippen LogP contribution in [0.2, 0.25) is 0 Å². The fourth-order valence-electron chi connectivity index (χ4n) is 6.75. The molecule has 0 radical (unpaired) electrons. The van der Waals surface area contributed by atoms with E-state index >= 15 is 0 Å². The molecule has 0 aromatic rings. The van der Waals surface area contributed by atoms with Crippen LogP contribution < -0.4 is 0 Å². The Morgan fingerprint density at radius 2 is 1.91 bits per heavy atom. The fraction of sp³-hybridized carbons (Fsp3) is 0.800. The Balaban J connectivity index is 1.71. The van der Waals surface area contributed by atoms with Crippen molar-refractivity contribution in [2.24, 2.45) is 40.4 Å². The lowest BCUT2D eigenvalue weighted by atomic mass is 9.44. The monoisotopic (exact) mass is 302 g/mol. The van der Waals surface area contributed by atoms with E-state index in [4.69, 9.17) is 0 Å². The predicted octanol–water partition coefficient (Wildman–Crippen LogP) is 5.38. The first-order chi connectivity index (χ1) is 10.4. The van der Waals surface area contributed by atoms with Crippen LogP contribution in [0, 0.1) is 40.4 Å². The molecule has 2 heteroatoms. The van der Waals surface area contributed by atoms with Gasteiger partial charge in [-0.25, -0.2) is 0 Å². The number of hydrogen-bond donors (Lipinski definition) is 2. The number of fused-ring (bicyclic) bond motifs is 5. The summed E-state index contributed by atoms with van der Waals surface area (Å²) in [4.78, 5) is 0. The molecule has 4 rings (SSSR count). The first-order valence-electron chi connectivity index (χ1n) is 9.15. The van der Waals surface area contributed by atoms with Crippen molar-refractivity contribution < 1.29 is 10.2 Å². The lowest BCUT2D eigenvalue weighted by Gasteiger charge is -2.61. The minimum atomic E-state index is 0.0330. The Labute approximate surface area is 134 Å². The summed E-state index contributed by atoms with van der Waals surface area (Å²) in [6.07, 6.45) is 10.9. The second kappa shape index (κ2) is 4.55. The Morgan fingerprint density at radius 3 is 2.68 bits per heavy atom. The highest BCUT2D eigenvalue weighted by atomic mass is 16.3. The molecule has 7 atom stereocenters. The zero-order chi connectivity index (χ0) is 15.7. The third-order valence-electron chi connectivity index (χ3n) is 8.16. The summed E-state index contributed by atoms with van der Waals surface area (Å²) < 4.78 is 0. The van der Waals surface area contributed by atoms with Gasteiger partial charge in [0, 0.05) is 11.8 Å². The normalized spacial score (nSPS) is 53.9. The SMILES string of the molecule is C[C@H]1CC2C=C(O)CC[C@]2(C)[C@H]2CC[C@]3(C)C(O)=CC[C@H]3[C@H]12. The number of hydrogen-bond acceptors (Lipinski definition) is 2. The molecular formula is C20H30O2. The molecule has 0 aliphatic heterocycles. The third kappa shape index (κ3) is 1.73. The van der Waals surface area contributed by atoms with Crippen LogP contribution >= 0.6 is 0 Å². The van der Waals surface area contributed by atoms with Crippen molar-refractivity contribution in [3.63, 3.8) is 0 Å². The Hall–Kier alpha value is -0.920. The molecule has 22 heavy (non-hydrogen) atoms. The van der Waals surface area contributed by atoms with E-state index in [2.05, 4.69) is 32.9 Å². The van der Waals surface area contributed by atoms with E-state index < -0.39 is 0 Å². The van der Waals surface area contributed by atoms with Gasteiger partial charge < -0.3 is 10.2 Å². The molecule has 2 fully saturated rings. The van der Waals surface area contributed by atoms with Gasteiger partial charge >= 0.3 is 0 Å². The lowest BCUT2D eigenvalue weighted by Crippen LogP contribution is -2.54. The van der Waals surface area contributed by atoms with E-state index in [9.17, 15) is 10.2 Å². The molecule has 0 amide bonds. The van der Waals surface area contributed by atoms with Crippen LogP contribution in [0.1, 0.15) is 59.3 Å². The van der Waals surface area contributed by atoms with Gasteiger partial charge in [-0.1, -0.05) is 20.8 Å². The minimum Gasteiger partial charge on any atom is -0.513 e. The Bertz CT molecular complexity index is 548. The van der Waals surface area contributed by atoms with Crippen molar-refractivity contribution in [2.75, 3.05) is 0 Å². The van der Waals surface area contributed by atoms with E-state index in [1.807, 2.05) is 0 Å². The summed E-state index contributed by atoms with van der Waals surface area (Å²) in [6, 6.07) is 0. The summed E-state index contributed by atoms with van der Waals surface area (Å²) in [7, 11) is 0. The van der Waals surface area contributed by atoms with Crippen molar-refractivity contribution in [3.8, 4) is 0 Å². The van der Waals surface area contributed by atoms with Crippen molar-refractivity contribution in [3.05, 3.63) is 23.7 Å². The van der Waals surface area contributed by atoms with Crippen LogP contribution in [-0.2, 0) is 0 Å². The topological polar surface area (TPSA) is 40.5 Å². The summed E-state index contributed by atoms with van der Waals surface area (Å²) in [5.41, 5.74) is 0.383. The first kappa shape index (κ1) is 14.7. The van der Waals surface area contributed by atoms with Crippen LogP contribution in [0.15, 0.2) is 23.7 Å². The highest BCUT2D eigenvalue weighted by Crippen LogP contribution is 2.66. The first-order valence-corrected chi connectivity index (χ1v) is 9.15. The summed E-state index contributed by atoms with van der Waals surface area (Å²) in [5, 5.41) is 20.4. The molecule has 2 N–H and O–H groups in total. The van der Waals surface area contributed by atoms with E-state index in [-0.39, 0.29) is 5.41 Å². The fourth-order valence-corrected chi connectivity index (χ4v) is 6.75. The van der Waals surface area contributed by atoms with Gasteiger partial charge in [0.15, 0.2) is 0 Å². The maximum Gasteiger partial charge on any atom is 0.0944 e. The highest BCUT2D eigenvalue weighted by molar-refractivity contribution is 5.22. The minimum absolute atomic E-state index is 0.0330. The van der Waals surface area contributed by atoms with Crippen LogP contribution in [0.25, 0.3) is 0 Å². The maximum absolute atomic E-state index is 10.4. The predicted molar refractivity (Wildman–Crippen MR) is 88.5 cm³/mol. The molecule has 2 nitrogen and oxygen atoms in total. The largest absolute Gasteiger partial charge is 0.513 e. The van der Waals surface area contributed by atoms with Gasteiger partial charge in [0.05, 0.1) is 11.5 Å². The van der Waals surface area contributed by atoms with Gasteiger partial charge in [-0.05, 0) is 79.3 Å². The summed E-state index contributed by atoms with van der Waals surface area (Å²) in [5.74, 6) is 4.63. The van der Waals surface area contributed by atoms with Crippen LogP contribution in [-0.4, -0.2) is 10.2 Å².